The number of carbonyl (C=O) groups is 2. The lowest BCUT2D eigenvalue weighted by Crippen LogP contribution is -2.45. The lowest BCUT2D eigenvalue weighted by molar-refractivity contribution is -0.139. The minimum atomic E-state index is -0.660. The first kappa shape index (κ1) is 21.7. The average molecular weight is 475 g/mol. The first-order valence-electron chi connectivity index (χ1n) is 9.43. The molecule has 2 aromatic carbocycles. The van der Waals surface area contributed by atoms with Gasteiger partial charge >= 0.3 is 12.0 Å². The van der Waals surface area contributed by atoms with Crippen LogP contribution in [-0.4, -0.2) is 25.7 Å². The van der Waals surface area contributed by atoms with Crippen LogP contribution in [0.5, 0.6) is 11.5 Å². The molecule has 2 amide bonds. The highest BCUT2D eigenvalue weighted by Gasteiger charge is 2.32. The molecule has 158 valence electrons. The molecule has 1 unspecified atom stereocenters. The maximum Gasteiger partial charge on any atom is 0.338 e. The van der Waals surface area contributed by atoms with Crippen LogP contribution < -0.4 is 20.1 Å². The van der Waals surface area contributed by atoms with Gasteiger partial charge in [0, 0.05) is 10.2 Å². The van der Waals surface area contributed by atoms with Crippen LogP contribution in [0.4, 0.5) is 4.79 Å². The van der Waals surface area contributed by atoms with Gasteiger partial charge < -0.3 is 24.8 Å². The topological polar surface area (TPSA) is 85.9 Å². The van der Waals surface area contributed by atoms with Crippen molar-refractivity contribution in [2.75, 3.05) is 13.7 Å². The molecular weight excluding hydrogens is 452 g/mol. The molecule has 0 saturated carbocycles. The van der Waals surface area contributed by atoms with Crippen molar-refractivity contribution < 1.29 is 23.8 Å². The van der Waals surface area contributed by atoms with Crippen molar-refractivity contribution in [1.29, 1.82) is 0 Å². The molecule has 7 nitrogen and oxygen atoms in total. The number of methoxy groups -OCH3 is 1. The van der Waals surface area contributed by atoms with E-state index in [2.05, 4.69) is 26.6 Å². The van der Waals surface area contributed by atoms with Gasteiger partial charge in [-0.1, -0.05) is 34.1 Å². The second kappa shape index (κ2) is 9.67. The van der Waals surface area contributed by atoms with Gasteiger partial charge in [-0.25, -0.2) is 9.59 Å². The highest BCUT2D eigenvalue weighted by atomic mass is 79.9. The van der Waals surface area contributed by atoms with E-state index in [0.29, 0.717) is 34.9 Å². The summed E-state index contributed by atoms with van der Waals surface area (Å²) < 4.78 is 17.6. The van der Waals surface area contributed by atoms with Crippen molar-refractivity contribution in [2.45, 2.75) is 26.5 Å². The number of carbonyl (C=O) groups excluding carboxylic acids is 2. The van der Waals surface area contributed by atoms with Crippen molar-refractivity contribution >= 4 is 27.9 Å². The maximum absolute atomic E-state index is 12.5. The van der Waals surface area contributed by atoms with Crippen LogP contribution in [0.25, 0.3) is 0 Å². The fourth-order valence-corrected chi connectivity index (χ4v) is 3.41. The molecule has 0 radical (unpaired) electrons. The molecule has 3 rings (SSSR count). The van der Waals surface area contributed by atoms with Crippen molar-refractivity contribution in [1.82, 2.24) is 10.6 Å². The standard InChI is InChI=1S/C22H23BrN2O5/c1-4-29-21(26)19-13(2)24-22(27)25-20(19)15-7-10-17(18(11-15)28-3)30-12-14-5-8-16(23)9-6-14/h5-11,20H,4,12H2,1-3H3,(H2,24,25,27). The molecule has 0 aromatic heterocycles. The second-order valence-electron chi connectivity index (χ2n) is 6.62. The number of ether oxygens (including phenoxy) is 3. The van der Waals surface area contributed by atoms with E-state index in [0.717, 1.165) is 10.0 Å². The van der Waals surface area contributed by atoms with Gasteiger partial charge in [-0.3, -0.25) is 0 Å². The van der Waals surface area contributed by atoms with E-state index < -0.39 is 12.0 Å². The van der Waals surface area contributed by atoms with Crippen molar-refractivity contribution in [3.8, 4) is 11.5 Å². The predicted molar refractivity (Wildman–Crippen MR) is 115 cm³/mol. The summed E-state index contributed by atoms with van der Waals surface area (Å²) >= 11 is 3.41. The Morgan fingerprint density at radius 1 is 1.13 bits per heavy atom. The van der Waals surface area contributed by atoms with E-state index in [9.17, 15) is 9.59 Å². The monoisotopic (exact) mass is 474 g/mol. The van der Waals surface area contributed by atoms with Crippen molar-refractivity contribution in [3.05, 3.63) is 69.3 Å². The minimum Gasteiger partial charge on any atom is -0.493 e. The zero-order chi connectivity index (χ0) is 21.7. The van der Waals surface area contributed by atoms with Crippen LogP contribution in [-0.2, 0) is 16.1 Å². The summed E-state index contributed by atoms with van der Waals surface area (Å²) in [6, 6.07) is 12.1. The van der Waals surface area contributed by atoms with Gasteiger partial charge in [-0.2, -0.15) is 0 Å². The number of nitrogens with one attached hydrogen (secondary N) is 2. The molecule has 1 aliphatic rings. The van der Waals surface area contributed by atoms with Gasteiger partial charge in [-0.05, 0) is 49.2 Å². The Morgan fingerprint density at radius 2 is 1.87 bits per heavy atom. The van der Waals surface area contributed by atoms with Gasteiger partial charge in [0.2, 0.25) is 0 Å². The van der Waals surface area contributed by atoms with Gasteiger partial charge in [0.1, 0.15) is 6.61 Å². The summed E-state index contributed by atoms with van der Waals surface area (Å²) in [7, 11) is 1.54. The fraction of sp³-hybridized carbons (Fsp3) is 0.273. The zero-order valence-corrected chi connectivity index (χ0v) is 18.5. The second-order valence-corrected chi connectivity index (χ2v) is 7.53. The summed E-state index contributed by atoms with van der Waals surface area (Å²) in [5, 5.41) is 5.40. The van der Waals surface area contributed by atoms with Crippen molar-refractivity contribution in [3.63, 3.8) is 0 Å². The molecule has 1 heterocycles. The highest BCUT2D eigenvalue weighted by molar-refractivity contribution is 9.10. The predicted octanol–water partition coefficient (Wildman–Crippen LogP) is 4.23. The van der Waals surface area contributed by atoms with Crippen LogP contribution in [0.15, 0.2) is 58.2 Å². The Hall–Kier alpha value is -3.00. The van der Waals surface area contributed by atoms with E-state index in [-0.39, 0.29) is 12.6 Å². The van der Waals surface area contributed by atoms with E-state index in [1.807, 2.05) is 24.3 Å². The molecule has 2 N–H and O–H groups in total. The van der Waals surface area contributed by atoms with Crippen LogP contribution in [0.3, 0.4) is 0 Å². The van der Waals surface area contributed by atoms with Gasteiger partial charge in [0.15, 0.2) is 11.5 Å². The Morgan fingerprint density at radius 3 is 2.53 bits per heavy atom. The number of benzene rings is 2. The lowest BCUT2D eigenvalue weighted by atomic mass is 9.95. The molecule has 1 atom stereocenters. The smallest absolute Gasteiger partial charge is 0.338 e. The zero-order valence-electron chi connectivity index (χ0n) is 17.0. The maximum atomic E-state index is 12.5. The average Bonchev–Trinajstić information content (AvgIpc) is 2.72. The van der Waals surface area contributed by atoms with Gasteiger partial charge in [0.05, 0.1) is 25.3 Å². The number of hydrogen-bond acceptors (Lipinski definition) is 5. The Bertz CT molecular complexity index is 972. The summed E-state index contributed by atoms with van der Waals surface area (Å²) in [6.45, 7) is 4.02. The van der Waals surface area contributed by atoms with Crippen molar-refractivity contribution in [2.24, 2.45) is 0 Å². The molecule has 0 fully saturated rings. The quantitative estimate of drug-likeness (QED) is 0.586. The number of amides is 2. The van der Waals surface area contributed by atoms with Gasteiger partial charge in [0.25, 0.3) is 0 Å². The third kappa shape index (κ3) is 4.94. The molecule has 0 bridgehead atoms. The summed E-state index contributed by atoms with van der Waals surface area (Å²) in [6.07, 6.45) is 0. The fourth-order valence-electron chi connectivity index (χ4n) is 3.15. The molecule has 0 aliphatic carbocycles. The number of urea groups is 1. The van der Waals surface area contributed by atoms with Crippen LogP contribution in [0, 0.1) is 0 Å². The summed E-state index contributed by atoms with van der Waals surface area (Å²) in [5.41, 5.74) is 2.50. The summed E-state index contributed by atoms with van der Waals surface area (Å²) in [4.78, 5) is 24.5. The molecule has 1 aliphatic heterocycles. The molecule has 0 saturated heterocycles. The molecule has 8 heteroatoms. The van der Waals surface area contributed by atoms with E-state index in [4.69, 9.17) is 14.2 Å². The Balaban J connectivity index is 1.86. The van der Waals surface area contributed by atoms with Crippen LogP contribution in [0.2, 0.25) is 0 Å². The Labute approximate surface area is 183 Å². The number of esters is 1. The molecule has 2 aromatic rings. The van der Waals surface area contributed by atoms with Crippen LogP contribution in [0.1, 0.15) is 31.0 Å². The lowest BCUT2D eigenvalue weighted by Gasteiger charge is -2.28. The largest absolute Gasteiger partial charge is 0.493 e. The SMILES string of the molecule is CCOC(=O)C1=C(C)NC(=O)NC1c1ccc(OCc2ccc(Br)cc2)c(OC)c1. The summed E-state index contributed by atoms with van der Waals surface area (Å²) in [5.74, 6) is 0.572. The number of allylic oxidation sites excluding steroid dienone is 1. The van der Waals surface area contributed by atoms with E-state index in [1.54, 1.807) is 39.2 Å². The highest BCUT2D eigenvalue weighted by Crippen LogP contribution is 2.35. The van der Waals surface area contributed by atoms with E-state index >= 15 is 0 Å². The third-order valence-electron chi connectivity index (χ3n) is 4.59. The molecule has 30 heavy (non-hydrogen) atoms. The first-order valence-corrected chi connectivity index (χ1v) is 10.2. The van der Waals surface area contributed by atoms with Gasteiger partial charge in [-0.15, -0.1) is 0 Å². The van der Waals surface area contributed by atoms with E-state index in [1.165, 1.54) is 0 Å². The number of hydrogen-bond donors (Lipinski definition) is 2. The Kier molecular flexibility index (Phi) is 6.99. The molecule has 0 spiro atoms. The number of rotatable bonds is 7. The first-order chi connectivity index (χ1) is 14.4. The third-order valence-corrected chi connectivity index (χ3v) is 5.12. The molecular formula is C22H23BrN2O5. The minimum absolute atomic E-state index is 0.239. The normalized spacial score (nSPS) is 15.9. The van der Waals surface area contributed by atoms with Crippen LogP contribution >= 0.6 is 15.9 Å². The number of halogens is 1.